The van der Waals surface area contributed by atoms with Gasteiger partial charge in [-0.25, -0.2) is 4.39 Å². The number of nitrogens with zero attached hydrogens (tertiary/aromatic N) is 1. The van der Waals surface area contributed by atoms with E-state index < -0.39 is 0 Å². The number of benzene rings is 1. The van der Waals surface area contributed by atoms with Gasteiger partial charge in [0.1, 0.15) is 11.6 Å². The fraction of sp³-hybridized carbons (Fsp3) is 0.571. The lowest BCUT2D eigenvalue weighted by atomic mass is 9.86. The second-order valence-electron chi connectivity index (χ2n) is 5.21. The van der Waals surface area contributed by atoms with Crippen LogP contribution in [0, 0.1) is 5.82 Å². The lowest BCUT2D eigenvalue weighted by Gasteiger charge is -2.48. The molecule has 2 N–H and O–H groups in total. The van der Waals surface area contributed by atoms with Crippen LogP contribution >= 0.6 is 0 Å². The lowest BCUT2D eigenvalue weighted by molar-refractivity contribution is 0.0557. The Morgan fingerprint density at radius 2 is 2.17 bits per heavy atom. The molecule has 0 unspecified atom stereocenters. The summed E-state index contributed by atoms with van der Waals surface area (Å²) in [5.74, 6) is 0.346. The summed E-state index contributed by atoms with van der Waals surface area (Å²) in [6.45, 7) is 4.47. The topological polar surface area (TPSA) is 38.5 Å². The predicted octanol–water partition coefficient (Wildman–Crippen LogP) is 2.15. The maximum atomic E-state index is 13.8. The third kappa shape index (κ3) is 2.82. The fourth-order valence-corrected chi connectivity index (χ4v) is 2.64. The molecule has 2 rings (SSSR count). The summed E-state index contributed by atoms with van der Waals surface area (Å²) in [4.78, 5) is 2.18. The van der Waals surface area contributed by atoms with Gasteiger partial charge in [-0.1, -0.05) is 19.4 Å². The average molecular weight is 252 g/mol. The Bertz CT molecular complexity index is 416. The third-order valence-corrected chi connectivity index (χ3v) is 3.48. The number of nitrogens with two attached hydrogens (primary N) is 1. The minimum Gasteiger partial charge on any atom is -0.497 e. The van der Waals surface area contributed by atoms with Crippen LogP contribution in [0.2, 0.25) is 0 Å². The highest BCUT2D eigenvalue weighted by Crippen LogP contribution is 2.26. The van der Waals surface area contributed by atoms with Crippen molar-refractivity contribution in [2.24, 2.45) is 5.73 Å². The molecule has 100 valence electrons. The summed E-state index contributed by atoms with van der Waals surface area (Å²) < 4.78 is 18.7. The van der Waals surface area contributed by atoms with E-state index in [9.17, 15) is 4.39 Å². The van der Waals surface area contributed by atoms with Crippen molar-refractivity contribution in [3.63, 3.8) is 0 Å². The van der Waals surface area contributed by atoms with Gasteiger partial charge in [-0.05, 0) is 12.5 Å². The molecule has 1 aliphatic rings. The van der Waals surface area contributed by atoms with Crippen molar-refractivity contribution < 1.29 is 9.13 Å². The van der Waals surface area contributed by atoms with Gasteiger partial charge in [-0.2, -0.15) is 0 Å². The number of rotatable bonds is 5. The van der Waals surface area contributed by atoms with E-state index in [2.05, 4.69) is 11.8 Å². The van der Waals surface area contributed by atoms with E-state index in [0.29, 0.717) is 17.9 Å². The van der Waals surface area contributed by atoms with Crippen LogP contribution in [0.25, 0.3) is 0 Å². The fourth-order valence-electron chi connectivity index (χ4n) is 2.64. The highest BCUT2D eigenvalue weighted by Gasteiger charge is 2.38. The van der Waals surface area contributed by atoms with Gasteiger partial charge in [-0.3, -0.25) is 4.90 Å². The summed E-state index contributed by atoms with van der Waals surface area (Å²) in [5.41, 5.74) is 6.83. The zero-order valence-corrected chi connectivity index (χ0v) is 11.1. The molecule has 4 heteroatoms. The van der Waals surface area contributed by atoms with Crippen molar-refractivity contribution >= 4 is 0 Å². The molecule has 1 aromatic carbocycles. The molecule has 0 bridgehead atoms. The molecule has 0 radical (unpaired) electrons. The molecule has 0 spiro atoms. The zero-order chi connectivity index (χ0) is 13.2. The molecule has 0 aromatic heterocycles. The van der Waals surface area contributed by atoms with Crippen LogP contribution in [0.4, 0.5) is 4.39 Å². The summed E-state index contributed by atoms with van der Waals surface area (Å²) in [7, 11) is 1.54. The Labute approximate surface area is 108 Å². The molecule has 18 heavy (non-hydrogen) atoms. The largest absolute Gasteiger partial charge is 0.497 e. The second kappa shape index (κ2) is 5.24. The lowest BCUT2D eigenvalue weighted by Crippen LogP contribution is -2.66. The van der Waals surface area contributed by atoms with E-state index in [1.54, 1.807) is 12.1 Å². The van der Waals surface area contributed by atoms with Crippen LogP contribution in [-0.4, -0.2) is 30.6 Å². The Balaban J connectivity index is 1.92. The molecule has 0 atom stereocenters. The smallest absolute Gasteiger partial charge is 0.131 e. The highest BCUT2D eigenvalue weighted by atomic mass is 19.1. The van der Waals surface area contributed by atoms with E-state index in [1.807, 2.05) is 0 Å². The van der Waals surface area contributed by atoms with E-state index in [0.717, 1.165) is 25.9 Å². The first-order chi connectivity index (χ1) is 8.56. The summed E-state index contributed by atoms with van der Waals surface area (Å²) in [5, 5.41) is 0. The maximum Gasteiger partial charge on any atom is 0.131 e. The van der Waals surface area contributed by atoms with Gasteiger partial charge in [0.05, 0.1) is 7.11 Å². The van der Waals surface area contributed by atoms with Gasteiger partial charge in [0, 0.05) is 36.8 Å². The van der Waals surface area contributed by atoms with E-state index in [1.165, 1.54) is 13.2 Å². The van der Waals surface area contributed by atoms with Gasteiger partial charge in [0.25, 0.3) is 0 Å². The summed E-state index contributed by atoms with van der Waals surface area (Å²) in [6, 6.07) is 5.00. The first-order valence-electron chi connectivity index (χ1n) is 6.40. The van der Waals surface area contributed by atoms with E-state index in [4.69, 9.17) is 10.5 Å². The molecular weight excluding hydrogens is 231 g/mol. The maximum absolute atomic E-state index is 13.8. The molecule has 1 aliphatic heterocycles. The van der Waals surface area contributed by atoms with Crippen molar-refractivity contribution in [1.29, 1.82) is 0 Å². The van der Waals surface area contributed by atoms with Crippen molar-refractivity contribution in [3.8, 4) is 5.75 Å². The van der Waals surface area contributed by atoms with Crippen molar-refractivity contribution in [1.82, 2.24) is 4.90 Å². The van der Waals surface area contributed by atoms with Gasteiger partial charge >= 0.3 is 0 Å². The van der Waals surface area contributed by atoms with Crippen LogP contribution in [0.15, 0.2) is 18.2 Å². The van der Waals surface area contributed by atoms with E-state index in [-0.39, 0.29) is 11.4 Å². The van der Waals surface area contributed by atoms with Crippen LogP contribution in [0.1, 0.15) is 25.3 Å². The van der Waals surface area contributed by atoms with Gasteiger partial charge in [0.15, 0.2) is 0 Å². The monoisotopic (exact) mass is 252 g/mol. The number of likely N-dealkylation sites (tertiary alicyclic amines) is 1. The SMILES string of the molecule is CCCC1(N)CN(Cc2ccc(OC)cc2F)C1. The Morgan fingerprint density at radius 1 is 1.44 bits per heavy atom. The highest BCUT2D eigenvalue weighted by molar-refractivity contribution is 5.29. The Hall–Kier alpha value is -1.13. The molecule has 1 saturated heterocycles. The average Bonchev–Trinajstić information content (AvgIpc) is 2.30. The van der Waals surface area contributed by atoms with Crippen molar-refractivity contribution in [2.75, 3.05) is 20.2 Å². The Morgan fingerprint density at radius 3 is 2.72 bits per heavy atom. The normalized spacial score (nSPS) is 18.4. The van der Waals surface area contributed by atoms with Gasteiger partial charge in [-0.15, -0.1) is 0 Å². The standard InChI is InChI=1S/C14H21FN2O/c1-3-6-14(16)9-17(10-14)8-11-4-5-12(18-2)7-13(11)15/h4-5,7H,3,6,8-10,16H2,1-2H3. The number of halogens is 1. The second-order valence-corrected chi connectivity index (χ2v) is 5.21. The number of ether oxygens (including phenoxy) is 1. The van der Waals surface area contributed by atoms with Crippen LogP contribution < -0.4 is 10.5 Å². The third-order valence-electron chi connectivity index (χ3n) is 3.48. The molecule has 3 nitrogen and oxygen atoms in total. The summed E-state index contributed by atoms with van der Waals surface area (Å²) in [6.07, 6.45) is 2.13. The first kappa shape index (κ1) is 13.3. The number of hydrogen-bond acceptors (Lipinski definition) is 3. The molecule has 1 aromatic rings. The quantitative estimate of drug-likeness (QED) is 0.872. The van der Waals surface area contributed by atoms with Crippen LogP contribution in [-0.2, 0) is 6.54 Å². The minimum atomic E-state index is -0.209. The first-order valence-corrected chi connectivity index (χ1v) is 6.40. The van der Waals surface area contributed by atoms with Crippen LogP contribution in [0.5, 0.6) is 5.75 Å². The van der Waals surface area contributed by atoms with Gasteiger partial charge in [0.2, 0.25) is 0 Å². The summed E-state index contributed by atoms with van der Waals surface area (Å²) >= 11 is 0. The molecule has 0 aliphatic carbocycles. The van der Waals surface area contributed by atoms with Crippen molar-refractivity contribution in [3.05, 3.63) is 29.6 Å². The molecular formula is C14H21FN2O. The molecule has 0 amide bonds. The number of hydrogen-bond donors (Lipinski definition) is 1. The van der Waals surface area contributed by atoms with Crippen LogP contribution in [0.3, 0.4) is 0 Å². The van der Waals surface area contributed by atoms with Crippen molar-refractivity contribution in [2.45, 2.75) is 31.8 Å². The Kier molecular flexibility index (Phi) is 3.88. The van der Waals surface area contributed by atoms with E-state index >= 15 is 0 Å². The minimum absolute atomic E-state index is 0.0578. The molecule has 1 fully saturated rings. The zero-order valence-electron chi connectivity index (χ0n) is 11.1. The van der Waals surface area contributed by atoms with Gasteiger partial charge < -0.3 is 10.5 Å². The number of methoxy groups -OCH3 is 1. The predicted molar refractivity (Wildman–Crippen MR) is 70.1 cm³/mol. The molecule has 1 heterocycles. The molecule has 0 saturated carbocycles.